The van der Waals surface area contributed by atoms with Gasteiger partial charge in [0.25, 0.3) is 0 Å². The number of carbonyl (C=O) groups excluding carboxylic acids is 1. The number of benzene rings is 2. The largest absolute Gasteiger partial charge is 0.381 e. The molecule has 1 amide bonds. The zero-order valence-corrected chi connectivity index (χ0v) is 13.5. The molecule has 2 N–H and O–H groups in total. The number of nitrogens with one attached hydrogen (secondary N) is 2. The smallest absolute Gasteiger partial charge is 0.224 e. The van der Waals surface area contributed by atoms with E-state index in [0.29, 0.717) is 12.3 Å². The number of hydrogen-bond donors (Lipinski definition) is 2. The first-order chi connectivity index (χ1) is 10.5. The predicted octanol–water partition coefficient (Wildman–Crippen LogP) is 4.59. The molecule has 0 aliphatic heterocycles. The molecule has 0 aromatic heterocycles. The van der Waals surface area contributed by atoms with Gasteiger partial charge in [0, 0.05) is 24.3 Å². The summed E-state index contributed by atoms with van der Waals surface area (Å²) in [7, 11) is 0. The molecule has 3 nitrogen and oxygen atoms in total. The molecule has 3 heteroatoms. The summed E-state index contributed by atoms with van der Waals surface area (Å²) in [5.74, 6) is 0.436. The lowest BCUT2D eigenvalue weighted by atomic mass is 10.1. The van der Waals surface area contributed by atoms with Crippen LogP contribution in [0, 0.1) is 12.8 Å². The second-order valence-corrected chi connectivity index (χ2v) is 6.06. The van der Waals surface area contributed by atoms with Crippen LogP contribution in [-0.2, 0) is 11.3 Å². The Morgan fingerprint density at radius 3 is 2.14 bits per heavy atom. The highest BCUT2D eigenvalue weighted by atomic mass is 16.1. The molecule has 0 spiro atoms. The maximum atomic E-state index is 11.7. The van der Waals surface area contributed by atoms with E-state index in [1.807, 2.05) is 38.1 Å². The van der Waals surface area contributed by atoms with Crippen molar-refractivity contribution in [3.05, 3.63) is 59.7 Å². The molecule has 0 atom stereocenters. The van der Waals surface area contributed by atoms with E-state index in [2.05, 4.69) is 41.8 Å². The number of aryl methyl sites for hydroxylation is 1. The van der Waals surface area contributed by atoms with E-state index in [1.165, 1.54) is 11.1 Å². The van der Waals surface area contributed by atoms with Crippen molar-refractivity contribution >= 4 is 17.3 Å². The van der Waals surface area contributed by atoms with Crippen molar-refractivity contribution in [3.63, 3.8) is 0 Å². The van der Waals surface area contributed by atoms with E-state index in [1.54, 1.807) is 0 Å². The molecule has 0 unspecified atom stereocenters. The van der Waals surface area contributed by atoms with Gasteiger partial charge in [0.1, 0.15) is 0 Å². The monoisotopic (exact) mass is 296 g/mol. The summed E-state index contributed by atoms with van der Waals surface area (Å²) >= 11 is 0. The lowest BCUT2D eigenvalue weighted by Crippen LogP contribution is -2.13. The van der Waals surface area contributed by atoms with Crippen molar-refractivity contribution in [2.24, 2.45) is 5.92 Å². The van der Waals surface area contributed by atoms with Crippen LogP contribution in [0.4, 0.5) is 11.4 Å². The van der Waals surface area contributed by atoms with Gasteiger partial charge in [0.05, 0.1) is 0 Å². The highest BCUT2D eigenvalue weighted by Crippen LogP contribution is 2.15. The van der Waals surface area contributed by atoms with Gasteiger partial charge in [-0.05, 0) is 42.7 Å². The SMILES string of the molecule is Cc1ccc(CNc2ccc(NC(=O)CC(C)C)cc2)cc1. The van der Waals surface area contributed by atoms with Crippen molar-refractivity contribution in [2.75, 3.05) is 10.6 Å². The maximum absolute atomic E-state index is 11.7. The first-order valence-electron chi connectivity index (χ1n) is 7.72. The molecule has 0 aliphatic carbocycles. The second-order valence-electron chi connectivity index (χ2n) is 6.06. The minimum Gasteiger partial charge on any atom is -0.381 e. The van der Waals surface area contributed by atoms with Crippen LogP contribution in [0.1, 0.15) is 31.4 Å². The third kappa shape index (κ3) is 5.24. The molecular weight excluding hydrogens is 272 g/mol. The molecule has 2 aromatic carbocycles. The highest BCUT2D eigenvalue weighted by Gasteiger charge is 2.05. The van der Waals surface area contributed by atoms with Gasteiger partial charge >= 0.3 is 0 Å². The third-order valence-electron chi connectivity index (χ3n) is 3.38. The van der Waals surface area contributed by atoms with Crippen LogP contribution in [0.25, 0.3) is 0 Å². The second kappa shape index (κ2) is 7.64. The maximum Gasteiger partial charge on any atom is 0.224 e. The minimum absolute atomic E-state index is 0.0652. The van der Waals surface area contributed by atoms with Crippen molar-refractivity contribution in [1.82, 2.24) is 0 Å². The fraction of sp³-hybridized carbons (Fsp3) is 0.316. The Morgan fingerprint density at radius 2 is 1.55 bits per heavy atom. The lowest BCUT2D eigenvalue weighted by molar-refractivity contribution is -0.116. The number of hydrogen-bond acceptors (Lipinski definition) is 2. The Bertz CT molecular complexity index is 600. The quantitative estimate of drug-likeness (QED) is 0.818. The molecule has 0 fully saturated rings. The highest BCUT2D eigenvalue weighted by molar-refractivity contribution is 5.90. The summed E-state index contributed by atoms with van der Waals surface area (Å²) in [6.45, 7) is 6.96. The predicted molar refractivity (Wildman–Crippen MR) is 93.0 cm³/mol. The van der Waals surface area contributed by atoms with Crippen LogP contribution in [0.2, 0.25) is 0 Å². The van der Waals surface area contributed by atoms with Gasteiger partial charge in [0.15, 0.2) is 0 Å². The zero-order valence-electron chi connectivity index (χ0n) is 13.5. The summed E-state index contributed by atoms with van der Waals surface area (Å²) in [6, 6.07) is 16.3. The van der Waals surface area contributed by atoms with E-state index in [4.69, 9.17) is 0 Å². The Hall–Kier alpha value is -2.29. The molecule has 0 heterocycles. The van der Waals surface area contributed by atoms with E-state index in [0.717, 1.165) is 17.9 Å². The standard InChI is InChI=1S/C19H24N2O/c1-14(2)12-19(22)21-18-10-8-17(9-11-18)20-13-16-6-4-15(3)5-7-16/h4-11,14,20H,12-13H2,1-3H3,(H,21,22). The van der Waals surface area contributed by atoms with Crippen LogP contribution >= 0.6 is 0 Å². The molecule has 0 saturated heterocycles. The minimum atomic E-state index is 0.0652. The number of carbonyl (C=O) groups is 1. The first-order valence-corrected chi connectivity index (χ1v) is 7.72. The van der Waals surface area contributed by atoms with Gasteiger partial charge in [-0.3, -0.25) is 4.79 Å². The van der Waals surface area contributed by atoms with Gasteiger partial charge in [0.2, 0.25) is 5.91 Å². The average Bonchev–Trinajstić information content (AvgIpc) is 2.47. The Labute approximate surface area is 132 Å². The third-order valence-corrected chi connectivity index (χ3v) is 3.38. The summed E-state index contributed by atoms with van der Waals surface area (Å²) in [4.78, 5) is 11.7. The van der Waals surface area contributed by atoms with Crippen LogP contribution < -0.4 is 10.6 Å². The van der Waals surface area contributed by atoms with Gasteiger partial charge < -0.3 is 10.6 Å². The van der Waals surface area contributed by atoms with Gasteiger partial charge in [-0.25, -0.2) is 0 Å². The first kappa shape index (κ1) is 16.1. The Kier molecular flexibility index (Phi) is 5.59. The molecule has 0 saturated carbocycles. The molecule has 0 aliphatic rings. The molecule has 0 bridgehead atoms. The van der Waals surface area contributed by atoms with E-state index in [-0.39, 0.29) is 5.91 Å². The van der Waals surface area contributed by atoms with Gasteiger partial charge in [-0.1, -0.05) is 43.7 Å². The summed E-state index contributed by atoms with van der Waals surface area (Å²) < 4.78 is 0. The van der Waals surface area contributed by atoms with Crippen LogP contribution in [-0.4, -0.2) is 5.91 Å². The number of amides is 1. The topological polar surface area (TPSA) is 41.1 Å². The van der Waals surface area contributed by atoms with Gasteiger partial charge in [-0.2, -0.15) is 0 Å². The van der Waals surface area contributed by atoms with Crippen LogP contribution in [0.15, 0.2) is 48.5 Å². The van der Waals surface area contributed by atoms with Gasteiger partial charge in [-0.15, -0.1) is 0 Å². The van der Waals surface area contributed by atoms with Crippen molar-refractivity contribution in [1.29, 1.82) is 0 Å². The van der Waals surface area contributed by atoms with Crippen molar-refractivity contribution in [2.45, 2.75) is 33.7 Å². The molecule has 0 radical (unpaired) electrons. The van der Waals surface area contributed by atoms with Crippen molar-refractivity contribution < 1.29 is 4.79 Å². The van der Waals surface area contributed by atoms with E-state index < -0.39 is 0 Å². The summed E-state index contributed by atoms with van der Waals surface area (Å²) in [5.41, 5.74) is 4.40. The normalized spacial score (nSPS) is 10.5. The fourth-order valence-electron chi connectivity index (χ4n) is 2.16. The van der Waals surface area contributed by atoms with E-state index >= 15 is 0 Å². The summed E-state index contributed by atoms with van der Waals surface area (Å²) in [5, 5.41) is 6.29. The zero-order chi connectivity index (χ0) is 15.9. The molecular formula is C19H24N2O. The Morgan fingerprint density at radius 1 is 0.955 bits per heavy atom. The van der Waals surface area contributed by atoms with Crippen LogP contribution in [0.3, 0.4) is 0 Å². The molecule has 2 rings (SSSR count). The molecule has 22 heavy (non-hydrogen) atoms. The van der Waals surface area contributed by atoms with Crippen molar-refractivity contribution in [3.8, 4) is 0 Å². The lowest BCUT2D eigenvalue weighted by Gasteiger charge is -2.10. The Balaban J connectivity index is 1.86. The van der Waals surface area contributed by atoms with E-state index in [9.17, 15) is 4.79 Å². The number of anilines is 2. The summed E-state index contributed by atoms with van der Waals surface area (Å²) in [6.07, 6.45) is 0.549. The molecule has 116 valence electrons. The molecule has 2 aromatic rings. The fourth-order valence-corrected chi connectivity index (χ4v) is 2.16. The number of rotatable bonds is 6. The van der Waals surface area contributed by atoms with Crippen LogP contribution in [0.5, 0.6) is 0 Å². The average molecular weight is 296 g/mol.